The Morgan fingerprint density at radius 2 is 1.65 bits per heavy atom. The largest absolute Gasteiger partial charge is 0.318 e. The zero-order chi connectivity index (χ0) is 14.4. The highest BCUT2D eigenvalue weighted by atomic mass is 16.2. The van der Waals surface area contributed by atoms with E-state index in [1.165, 1.54) is 6.20 Å². The van der Waals surface area contributed by atoms with Gasteiger partial charge < -0.3 is 5.32 Å². The van der Waals surface area contributed by atoms with Gasteiger partial charge in [-0.1, -0.05) is 12.1 Å². The third kappa shape index (κ3) is 3.14. The van der Waals surface area contributed by atoms with Crippen LogP contribution < -0.4 is 5.32 Å². The van der Waals surface area contributed by atoms with Crippen molar-refractivity contribution in [3.8, 4) is 0 Å². The monoisotopic (exact) mass is 266 g/mol. The fraction of sp³-hybridized carbons (Fsp3) is 0.0667. The minimum absolute atomic E-state index is 0.264. The molecule has 0 spiro atoms. The third-order valence-corrected chi connectivity index (χ3v) is 2.59. The van der Waals surface area contributed by atoms with Crippen LogP contribution in [0.4, 0.5) is 0 Å². The molecule has 1 radical (unpaired) electrons. The Hall–Kier alpha value is -2.82. The maximum absolute atomic E-state index is 12.1. The van der Waals surface area contributed by atoms with Gasteiger partial charge in [0.1, 0.15) is 5.69 Å². The lowest BCUT2D eigenvalue weighted by Gasteiger charge is -2.10. The predicted octanol–water partition coefficient (Wildman–Crippen LogP) is 1.75. The summed E-state index contributed by atoms with van der Waals surface area (Å²) in [5, 5.41) is 2.65. The summed E-state index contributed by atoms with van der Waals surface area (Å²) in [5.41, 5.74) is 1.36. The van der Waals surface area contributed by atoms with Crippen molar-refractivity contribution in [3.63, 3.8) is 0 Å². The fourth-order valence-electron chi connectivity index (χ4n) is 1.59. The van der Waals surface area contributed by atoms with Crippen molar-refractivity contribution < 1.29 is 9.59 Å². The summed E-state index contributed by atoms with van der Waals surface area (Å²) in [4.78, 5) is 31.0. The maximum Gasteiger partial charge on any atom is 0.274 e. The number of hydrogen-bond donors (Lipinski definition) is 1. The van der Waals surface area contributed by atoms with Crippen LogP contribution in [0, 0.1) is 0 Å². The number of pyridine rings is 2. The highest BCUT2D eigenvalue weighted by molar-refractivity contribution is 6.00. The first-order valence-corrected chi connectivity index (χ1v) is 5.95. The van der Waals surface area contributed by atoms with Crippen LogP contribution >= 0.6 is 0 Å². The van der Waals surface area contributed by atoms with Gasteiger partial charge in [0.05, 0.1) is 11.4 Å². The topological polar surface area (TPSA) is 72.0 Å². The van der Waals surface area contributed by atoms with Crippen LogP contribution in [-0.2, 0) is 4.79 Å². The SMILES string of the molecule is C/C([C]=O)=C(\NC(=O)c1ccccn1)c1ccccn1. The van der Waals surface area contributed by atoms with Crippen LogP contribution in [0.3, 0.4) is 0 Å². The Morgan fingerprint density at radius 1 is 1.05 bits per heavy atom. The molecule has 0 saturated carbocycles. The Morgan fingerprint density at radius 3 is 2.15 bits per heavy atom. The number of rotatable bonds is 4. The summed E-state index contributed by atoms with van der Waals surface area (Å²) < 4.78 is 0. The summed E-state index contributed by atoms with van der Waals surface area (Å²) in [7, 11) is 0. The lowest BCUT2D eigenvalue weighted by Crippen LogP contribution is -2.24. The van der Waals surface area contributed by atoms with Crippen LogP contribution in [-0.4, -0.2) is 22.2 Å². The van der Waals surface area contributed by atoms with E-state index >= 15 is 0 Å². The van der Waals surface area contributed by atoms with Crippen LogP contribution in [0.1, 0.15) is 23.1 Å². The molecule has 0 bridgehead atoms. The number of nitrogens with one attached hydrogen (secondary N) is 1. The van der Waals surface area contributed by atoms with E-state index in [9.17, 15) is 9.59 Å². The highest BCUT2D eigenvalue weighted by Crippen LogP contribution is 2.12. The van der Waals surface area contributed by atoms with Gasteiger partial charge in [0.25, 0.3) is 5.91 Å². The van der Waals surface area contributed by atoms with E-state index in [-0.39, 0.29) is 11.3 Å². The molecule has 0 unspecified atom stereocenters. The zero-order valence-electron chi connectivity index (χ0n) is 10.8. The molecule has 0 aliphatic heterocycles. The minimum Gasteiger partial charge on any atom is -0.318 e. The van der Waals surface area contributed by atoms with Crippen LogP contribution in [0.15, 0.2) is 54.4 Å². The second kappa shape index (κ2) is 6.38. The number of amides is 1. The van der Waals surface area contributed by atoms with Crippen molar-refractivity contribution in [1.29, 1.82) is 0 Å². The quantitative estimate of drug-likeness (QED) is 0.856. The van der Waals surface area contributed by atoms with E-state index in [1.807, 2.05) is 0 Å². The summed E-state index contributed by atoms with van der Waals surface area (Å²) in [6.45, 7) is 1.57. The van der Waals surface area contributed by atoms with E-state index < -0.39 is 5.91 Å². The lowest BCUT2D eigenvalue weighted by atomic mass is 10.1. The summed E-state index contributed by atoms with van der Waals surface area (Å²) in [5.74, 6) is -0.402. The first-order valence-electron chi connectivity index (χ1n) is 5.95. The Kier molecular flexibility index (Phi) is 4.34. The average Bonchev–Trinajstić information content (AvgIpc) is 2.53. The Balaban J connectivity index is 2.32. The standard InChI is InChI=1S/C15H12N3O2/c1-11(10-19)14(12-6-2-4-8-16-12)18-15(20)13-7-3-5-9-17-13/h2-9H,1H3,(H,18,20)/b14-11+. The number of nitrogens with zero attached hydrogens (tertiary/aromatic N) is 2. The highest BCUT2D eigenvalue weighted by Gasteiger charge is 2.13. The molecule has 0 aliphatic carbocycles. The molecule has 20 heavy (non-hydrogen) atoms. The smallest absolute Gasteiger partial charge is 0.274 e. The molecular formula is C15H12N3O2. The molecule has 2 aromatic heterocycles. The molecule has 5 heteroatoms. The van der Waals surface area contributed by atoms with Crippen molar-refractivity contribution in [3.05, 3.63) is 65.8 Å². The van der Waals surface area contributed by atoms with Crippen molar-refractivity contribution in [2.45, 2.75) is 6.92 Å². The number of hydrogen-bond acceptors (Lipinski definition) is 4. The van der Waals surface area contributed by atoms with Gasteiger partial charge in [0.15, 0.2) is 0 Å². The number of carbonyl (C=O) groups is 1. The summed E-state index contributed by atoms with van der Waals surface area (Å²) in [6, 6.07) is 10.2. The molecule has 1 amide bonds. The molecule has 0 saturated heterocycles. The second-order valence-electron chi connectivity index (χ2n) is 3.99. The molecule has 1 N–H and O–H groups in total. The third-order valence-electron chi connectivity index (χ3n) is 2.59. The molecule has 5 nitrogen and oxygen atoms in total. The van der Waals surface area contributed by atoms with Gasteiger partial charge in [-0.15, -0.1) is 0 Å². The fourth-order valence-corrected chi connectivity index (χ4v) is 1.59. The second-order valence-corrected chi connectivity index (χ2v) is 3.99. The molecule has 2 aromatic rings. The molecule has 99 valence electrons. The van der Waals surface area contributed by atoms with Gasteiger partial charge in [-0.25, -0.2) is 0 Å². The van der Waals surface area contributed by atoms with E-state index in [0.29, 0.717) is 11.4 Å². The minimum atomic E-state index is -0.402. The Labute approximate surface area is 116 Å². The molecule has 2 rings (SSSR count). The molecule has 0 atom stereocenters. The average molecular weight is 266 g/mol. The molecule has 0 aromatic carbocycles. The van der Waals surface area contributed by atoms with Gasteiger partial charge in [-0.3, -0.25) is 19.6 Å². The molecule has 2 heterocycles. The molecular weight excluding hydrogens is 254 g/mol. The van der Waals surface area contributed by atoms with Crippen molar-refractivity contribution in [1.82, 2.24) is 15.3 Å². The summed E-state index contributed by atoms with van der Waals surface area (Å²) in [6.07, 6.45) is 4.88. The normalized spacial score (nSPS) is 11.4. The van der Waals surface area contributed by atoms with Crippen molar-refractivity contribution in [2.75, 3.05) is 0 Å². The van der Waals surface area contributed by atoms with E-state index in [1.54, 1.807) is 55.8 Å². The van der Waals surface area contributed by atoms with Gasteiger partial charge in [0.2, 0.25) is 6.29 Å². The lowest BCUT2D eigenvalue weighted by molar-refractivity contribution is 0.0968. The van der Waals surface area contributed by atoms with Crippen molar-refractivity contribution in [2.24, 2.45) is 0 Å². The summed E-state index contributed by atoms with van der Waals surface area (Å²) >= 11 is 0. The first kappa shape index (κ1) is 13.6. The number of allylic oxidation sites excluding steroid dienone is 1. The number of aromatic nitrogens is 2. The van der Waals surface area contributed by atoms with Crippen LogP contribution in [0.5, 0.6) is 0 Å². The van der Waals surface area contributed by atoms with Gasteiger partial charge in [-0.2, -0.15) is 0 Å². The van der Waals surface area contributed by atoms with E-state index in [0.717, 1.165) is 0 Å². The van der Waals surface area contributed by atoms with E-state index in [4.69, 9.17) is 0 Å². The van der Waals surface area contributed by atoms with Crippen LogP contribution in [0.25, 0.3) is 5.70 Å². The first-order chi connectivity index (χ1) is 9.72. The van der Waals surface area contributed by atoms with Gasteiger partial charge in [0, 0.05) is 18.0 Å². The van der Waals surface area contributed by atoms with Crippen LogP contribution in [0.2, 0.25) is 0 Å². The maximum atomic E-state index is 12.1. The van der Waals surface area contributed by atoms with Gasteiger partial charge in [-0.05, 0) is 31.2 Å². The Bertz CT molecular complexity index is 637. The predicted molar refractivity (Wildman–Crippen MR) is 74.2 cm³/mol. The van der Waals surface area contributed by atoms with Crippen molar-refractivity contribution >= 4 is 17.9 Å². The number of carbonyl (C=O) groups excluding carboxylic acids is 2. The molecule has 0 fully saturated rings. The van der Waals surface area contributed by atoms with Gasteiger partial charge >= 0.3 is 0 Å². The zero-order valence-corrected chi connectivity index (χ0v) is 10.8. The van der Waals surface area contributed by atoms with E-state index in [2.05, 4.69) is 15.3 Å². The molecule has 0 aliphatic rings.